The summed E-state index contributed by atoms with van der Waals surface area (Å²) in [6.45, 7) is 2.17. The summed E-state index contributed by atoms with van der Waals surface area (Å²) >= 11 is 0. The number of oxazole rings is 1. The number of nitrogens with two attached hydrogens (primary N) is 1. The number of aromatic nitrogens is 1. The first-order chi connectivity index (χ1) is 7.20. The summed E-state index contributed by atoms with van der Waals surface area (Å²) in [7, 11) is 0. The predicted octanol–water partition coefficient (Wildman–Crippen LogP) is 2.25. The SMILES string of the molecule is Cc1ccc(F)c(-c2nc(CN)co2)c1. The second-order valence-electron chi connectivity index (χ2n) is 3.33. The molecule has 0 aliphatic carbocycles. The molecule has 2 rings (SSSR count). The van der Waals surface area contributed by atoms with Crippen molar-refractivity contribution >= 4 is 0 Å². The normalized spacial score (nSPS) is 10.6. The molecule has 0 spiro atoms. The zero-order valence-corrected chi connectivity index (χ0v) is 8.33. The maximum atomic E-state index is 13.4. The molecular formula is C11H11FN2O. The third kappa shape index (κ3) is 1.89. The van der Waals surface area contributed by atoms with Gasteiger partial charge in [-0.25, -0.2) is 9.37 Å². The first-order valence-corrected chi connectivity index (χ1v) is 4.61. The van der Waals surface area contributed by atoms with Gasteiger partial charge < -0.3 is 10.2 Å². The molecule has 0 amide bonds. The van der Waals surface area contributed by atoms with Crippen LogP contribution in [0.4, 0.5) is 4.39 Å². The Morgan fingerprint density at radius 2 is 2.27 bits per heavy atom. The molecule has 0 saturated heterocycles. The van der Waals surface area contributed by atoms with Crippen LogP contribution >= 0.6 is 0 Å². The lowest BCUT2D eigenvalue weighted by molar-refractivity contribution is 0.560. The van der Waals surface area contributed by atoms with Crippen molar-refractivity contribution < 1.29 is 8.81 Å². The standard InChI is InChI=1S/C11H11FN2O/c1-7-2-3-10(12)9(4-7)11-14-8(5-13)6-15-11/h2-4,6H,5,13H2,1H3. The number of benzene rings is 1. The minimum absolute atomic E-state index is 0.275. The molecule has 15 heavy (non-hydrogen) atoms. The average molecular weight is 206 g/mol. The molecule has 1 aromatic carbocycles. The Morgan fingerprint density at radius 3 is 2.93 bits per heavy atom. The summed E-state index contributed by atoms with van der Waals surface area (Å²) in [6, 6.07) is 4.80. The lowest BCUT2D eigenvalue weighted by atomic mass is 10.1. The highest BCUT2D eigenvalue weighted by Crippen LogP contribution is 2.23. The number of rotatable bonds is 2. The summed E-state index contributed by atoms with van der Waals surface area (Å²) < 4.78 is 18.6. The monoisotopic (exact) mass is 206 g/mol. The van der Waals surface area contributed by atoms with E-state index in [0.717, 1.165) is 5.56 Å². The third-order valence-electron chi connectivity index (χ3n) is 2.11. The van der Waals surface area contributed by atoms with E-state index in [1.807, 2.05) is 6.92 Å². The van der Waals surface area contributed by atoms with E-state index in [1.54, 1.807) is 12.1 Å². The number of hydrogen-bond donors (Lipinski definition) is 1. The minimum atomic E-state index is -0.342. The molecule has 1 aromatic heterocycles. The Bertz CT molecular complexity index is 479. The van der Waals surface area contributed by atoms with E-state index < -0.39 is 0 Å². The number of halogens is 1. The molecule has 0 unspecified atom stereocenters. The van der Waals surface area contributed by atoms with Gasteiger partial charge in [0.25, 0.3) is 0 Å². The number of nitrogens with zero attached hydrogens (tertiary/aromatic N) is 1. The van der Waals surface area contributed by atoms with Crippen molar-refractivity contribution in [3.63, 3.8) is 0 Å². The van der Waals surface area contributed by atoms with Crippen LogP contribution in [0, 0.1) is 12.7 Å². The molecule has 0 aliphatic heterocycles. The van der Waals surface area contributed by atoms with Crippen LogP contribution in [0.3, 0.4) is 0 Å². The third-order valence-corrected chi connectivity index (χ3v) is 2.11. The average Bonchev–Trinajstić information content (AvgIpc) is 2.70. The van der Waals surface area contributed by atoms with Crippen LogP contribution in [0.2, 0.25) is 0 Å². The van der Waals surface area contributed by atoms with Gasteiger partial charge in [0.05, 0.1) is 11.3 Å². The van der Waals surface area contributed by atoms with Crippen LogP contribution in [0.25, 0.3) is 11.5 Å². The van der Waals surface area contributed by atoms with Gasteiger partial charge in [-0.2, -0.15) is 0 Å². The topological polar surface area (TPSA) is 52.0 Å². The molecule has 2 aromatic rings. The maximum absolute atomic E-state index is 13.4. The Balaban J connectivity index is 2.48. The Kier molecular flexibility index (Phi) is 2.51. The molecule has 3 nitrogen and oxygen atoms in total. The van der Waals surface area contributed by atoms with Crippen LogP contribution in [-0.2, 0) is 6.54 Å². The van der Waals surface area contributed by atoms with Crippen LogP contribution in [0.15, 0.2) is 28.9 Å². The van der Waals surface area contributed by atoms with Gasteiger partial charge >= 0.3 is 0 Å². The van der Waals surface area contributed by atoms with E-state index in [2.05, 4.69) is 4.98 Å². The number of aryl methyl sites for hydroxylation is 1. The van der Waals surface area contributed by atoms with Gasteiger partial charge in [-0.05, 0) is 19.1 Å². The summed E-state index contributed by atoms with van der Waals surface area (Å²) in [5.74, 6) is -0.0670. The van der Waals surface area contributed by atoms with E-state index in [0.29, 0.717) is 11.3 Å². The van der Waals surface area contributed by atoms with Gasteiger partial charge in [0.2, 0.25) is 5.89 Å². The van der Waals surface area contributed by atoms with Crippen molar-refractivity contribution in [3.05, 3.63) is 41.5 Å². The van der Waals surface area contributed by atoms with E-state index in [9.17, 15) is 4.39 Å². The molecule has 2 N–H and O–H groups in total. The van der Waals surface area contributed by atoms with Crippen LogP contribution < -0.4 is 5.73 Å². The van der Waals surface area contributed by atoms with E-state index in [4.69, 9.17) is 10.2 Å². The zero-order chi connectivity index (χ0) is 10.8. The van der Waals surface area contributed by atoms with Gasteiger partial charge in [0, 0.05) is 6.54 Å². The minimum Gasteiger partial charge on any atom is -0.444 e. The van der Waals surface area contributed by atoms with Gasteiger partial charge in [0.1, 0.15) is 12.1 Å². The van der Waals surface area contributed by atoms with Gasteiger partial charge in [-0.1, -0.05) is 11.6 Å². The van der Waals surface area contributed by atoms with Crippen LogP contribution in [0.1, 0.15) is 11.3 Å². The second-order valence-corrected chi connectivity index (χ2v) is 3.33. The molecule has 0 bridgehead atoms. The zero-order valence-electron chi connectivity index (χ0n) is 8.33. The fourth-order valence-electron chi connectivity index (χ4n) is 1.33. The van der Waals surface area contributed by atoms with Crippen molar-refractivity contribution in [2.24, 2.45) is 5.73 Å². The van der Waals surface area contributed by atoms with E-state index >= 15 is 0 Å². The summed E-state index contributed by atoms with van der Waals surface area (Å²) in [5, 5.41) is 0. The Morgan fingerprint density at radius 1 is 1.47 bits per heavy atom. The summed E-state index contributed by atoms with van der Waals surface area (Å²) in [6.07, 6.45) is 1.44. The molecular weight excluding hydrogens is 195 g/mol. The maximum Gasteiger partial charge on any atom is 0.229 e. The predicted molar refractivity (Wildman–Crippen MR) is 54.5 cm³/mol. The molecule has 0 radical (unpaired) electrons. The highest BCUT2D eigenvalue weighted by molar-refractivity contribution is 5.55. The second kappa shape index (κ2) is 3.82. The molecule has 0 saturated carbocycles. The Labute approximate surface area is 86.7 Å². The lowest BCUT2D eigenvalue weighted by Gasteiger charge is -1.99. The van der Waals surface area contributed by atoms with Gasteiger partial charge in [0.15, 0.2) is 0 Å². The quantitative estimate of drug-likeness (QED) is 0.819. The molecule has 0 atom stereocenters. The molecule has 0 fully saturated rings. The van der Waals surface area contributed by atoms with Crippen molar-refractivity contribution in [3.8, 4) is 11.5 Å². The lowest BCUT2D eigenvalue weighted by Crippen LogP contribution is -1.96. The number of hydrogen-bond acceptors (Lipinski definition) is 3. The van der Waals surface area contributed by atoms with Gasteiger partial charge in [-0.3, -0.25) is 0 Å². The van der Waals surface area contributed by atoms with Crippen molar-refractivity contribution in [2.45, 2.75) is 13.5 Å². The largest absolute Gasteiger partial charge is 0.444 e. The van der Waals surface area contributed by atoms with Crippen LogP contribution in [-0.4, -0.2) is 4.98 Å². The van der Waals surface area contributed by atoms with E-state index in [-0.39, 0.29) is 18.3 Å². The summed E-state index contributed by atoms with van der Waals surface area (Å²) in [4.78, 5) is 4.07. The van der Waals surface area contributed by atoms with E-state index in [1.165, 1.54) is 12.3 Å². The highest BCUT2D eigenvalue weighted by atomic mass is 19.1. The fraction of sp³-hybridized carbons (Fsp3) is 0.182. The highest BCUT2D eigenvalue weighted by Gasteiger charge is 2.10. The summed E-state index contributed by atoms with van der Waals surface area (Å²) in [5.41, 5.74) is 7.34. The molecule has 1 heterocycles. The molecule has 78 valence electrons. The molecule has 0 aliphatic rings. The van der Waals surface area contributed by atoms with Crippen molar-refractivity contribution in [1.29, 1.82) is 0 Å². The van der Waals surface area contributed by atoms with Gasteiger partial charge in [-0.15, -0.1) is 0 Å². The molecule has 4 heteroatoms. The van der Waals surface area contributed by atoms with Crippen LogP contribution in [0.5, 0.6) is 0 Å². The van der Waals surface area contributed by atoms with Crippen molar-refractivity contribution in [1.82, 2.24) is 4.98 Å². The smallest absolute Gasteiger partial charge is 0.229 e. The fourth-order valence-corrected chi connectivity index (χ4v) is 1.33. The Hall–Kier alpha value is -1.68. The first kappa shape index (κ1) is 9.86. The first-order valence-electron chi connectivity index (χ1n) is 4.61. The van der Waals surface area contributed by atoms with Crippen molar-refractivity contribution in [2.75, 3.05) is 0 Å².